The van der Waals surface area contributed by atoms with Crippen molar-refractivity contribution in [3.05, 3.63) is 0 Å². The number of hydrogen-bond acceptors (Lipinski definition) is 2. The smallest absolute Gasteiger partial charge is 0.167 e. The van der Waals surface area contributed by atoms with Crippen LogP contribution >= 0.6 is 0 Å². The van der Waals surface area contributed by atoms with Crippen LogP contribution in [0.1, 0.15) is 59.8 Å². The van der Waals surface area contributed by atoms with E-state index in [0.29, 0.717) is 35.4 Å². The van der Waals surface area contributed by atoms with Crippen LogP contribution in [-0.2, 0) is 9.53 Å². The molecular formula is C19H30O2. The fraction of sp³-hybridized carbons (Fsp3) is 0.947. The molecular weight excluding hydrogens is 260 g/mol. The lowest BCUT2D eigenvalue weighted by molar-refractivity contribution is -0.150. The number of rotatable bonds is 1. The molecule has 8 atom stereocenters. The second kappa shape index (κ2) is 4.57. The van der Waals surface area contributed by atoms with Gasteiger partial charge in [-0.25, -0.2) is 0 Å². The lowest BCUT2D eigenvalue weighted by Crippen LogP contribution is -2.59. The SMILES string of the molecule is CC(C)[C@H]1CC[C@@H](C)[C@@H]2CC[C@@H](C)[C@]34O[C@H](CC13)C(=O)[C@H]24. The first kappa shape index (κ1) is 14.2. The molecule has 2 nitrogen and oxygen atoms in total. The first-order chi connectivity index (χ1) is 9.96. The van der Waals surface area contributed by atoms with Crippen molar-refractivity contribution in [3.8, 4) is 0 Å². The summed E-state index contributed by atoms with van der Waals surface area (Å²) in [5, 5.41) is 0. The van der Waals surface area contributed by atoms with Crippen molar-refractivity contribution in [1.82, 2.24) is 0 Å². The Morgan fingerprint density at radius 1 is 1.14 bits per heavy atom. The maximum absolute atomic E-state index is 12.9. The Labute approximate surface area is 129 Å². The minimum absolute atomic E-state index is 0.0606. The lowest BCUT2D eigenvalue weighted by atomic mass is 9.49. The number of ether oxygens (including phenoxy) is 1. The number of carbonyl (C=O) groups is 1. The van der Waals surface area contributed by atoms with E-state index in [1.54, 1.807) is 0 Å². The number of carbonyl (C=O) groups excluding carboxylic acids is 1. The third-order valence-electron chi connectivity index (χ3n) is 7.69. The molecule has 21 heavy (non-hydrogen) atoms. The second-order valence-corrected chi connectivity index (χ2v) is 8.79. The molecule has 118 valence electrons. The van der Waals surface area contributed by atoms with Gasteiger partial charge in [0.25, 0.3) is 0 Å². The summed E-state index contributed by atoms with van der Waals surface area (Å²) in [5.41, 5.74) is -0.0890. The van der Waals surface area contributed by atoms with Crippen molar-refractivity contribution in [1.29, 1.82) is 0 Å². The molecule has 4 aliphatic rings. The summed E-state index contributed by atoms with van der Waals surface area (Å²) in [6.07, 6.45) is 6.11. The van der Waals surface area contributed by atoms with Crippen LogP contribution in [0.4, 0.5) is 0 Å². The van der Waals surface area contributed by atoms with Crippen LogP contribution in [0.25, 0.3) is 0 Å². The Balaban J connectivity index is 1.84. The first-order valence-corrected chi connectivity index (χ1v) is 9.18. The molecule has 0 amide bonds. The molecule has 3 bridgehead atoms. The molecule has 0 aromatic carbocycles. The van der Waals surface area contributed by atoms with Crippen LogP contribution in [0.2, 0.25) is 0 Å². The van der Waals surface area contributed by atoms with Gasteiger partial charge in [-0.05, 0) is 61.2 Å². The van der Waals surface area contributed by atoms with E-state index in [0.717, 1.165) is 12.3 Å². The van der Waals surface area contributed by atoms with E-state index in [1.165, 1.54) is 25.7 Å². The average molecular weight is 290 g/mol. The molecule has 4 rings (SSSR count). The largest absolute Gasteiger partial charge is 0.363 e. The van der Waals surface area contributed by atoms with Gasteiger partial charge in [-0.1, -0.05) is 34.1 Å². The van der Waals surface area contributed by atoms with Crippen molar-refractivity contribution in [2.24, 2.45) is 41.4 Å². The van der Waals surface area contributed by atoms with Crippen LogP contribution in [-0.4, -0.2) is 17.5 Å². The molecule has 2 heteroatoms. The van der Waals surface area contributed by atoms with E-state index in [4.69, 9.17) is 4.74 Å². The Hall–Kier alpha value is -0.370. The third-order valence-corrected chi connectivity index (χ3v) is 7.69. The molecule has 0 N–H and O–H groups in total. The molecule has 0 aromatic heterocycles. The molecule has 2 heterocycles. The average Bonchev–Trinajstić information content (AvgIpc) is 2.93. The van der Waals surface area contributed by atoms with Crippen molar-refractivity contribution in [3.63, 3.8) is 0 Å². The zero-order chi connectivity index (χ0) is 14.9. The molecule has 2 saturated carbocycles. The molecule has 0 radical (unpaired) electrons. The second-order valence-electron chi connectivity index (χ2n) is 8.79. The molecule has 2 aliphatic carbocycles. The van der Waals surface area contributed by atoms with E-state index < -0.39 is 0 Å². The number of ketones is 1. The predicted molar refractivity (Wildman–Crippen MR) is 82.8 cm³/mol. The summed E-state index contributed by atoms with van der Waals surface area (Å²) in [7, 11) is 0. The van der Waals surface area contributed by atoms with Crippen molar-refractivity contribution < 1.29 is 9.53 Å². The lowest BCUT2D eigenvalue weighted by Gasteiger charge is -2.55. The Morgan fingerprint density at radius 3 is 2.62 bits per heavy atom. The van der Waals surface area contributed by atoms with Crippen molar-refractivity contribution >= 4 is 5.78 Å². The number of Topliss-reactive ketones (excluding diaryl/α,β-unsaturated/α-hetero) is 1. The van der Waals surface area contributed by atoms with Gasteiger partial charge in [-0.3, -0.25) is 4.79 Å². The summed E-state index contributed by atoms with van der Waals surface area (Å²) in [4.78, 5) is 12.9. The Morgan fingerprint density at radius 2 is 1.90 bits per heavy atom. The maximum atomic E-state index is 12.9. The van der Waals surface area contributed by atoms with Crippen molar-refractivity contribution in [2.45, 2.75) is 71.5 Å². The predicted octanol–water partition coefficient (Wildman–Crippen LogP) is 4.08. The fourth-order valence-electron chi connectivity index (χ4n) is 6.66. The monoisotopic (exact) mass is 290 g/mol. The highest BCUT2D eigenvalue weighted by Gasteiger charge is 2.71. The highest BCUT2D eigenvalue weighted by molar-refractivity contribution is 5.90. The molecule has 1 unspecified atom stereocenters. The third kappa shape index (κ3) is 1.66. The van der Waals surface area contributed by atoms with Crippen LogP contribution in [0, 0.1) is 41.4 Å². The van der Waals surface area contributed by atoms with E-state index in [1.807, 2.05) is 0 Å². The van der Waals surface area contributed by atoms with Gasteiger partial charge in [0.2, 0.25) is 0 Å². The Bertz CT molecular complexity index is 456. The van der Waals surface area contributed by atoms with Gasteiger partial charge in [-0.2, -0.15) is 0 Å². The van der Waals surface area contributed by atoms with Gasteiger partial charge in [0.05, 0.1) is 11.5 Å². The zero-order valence-corrected chi connectivity index (χ0v) is 14.0. The fourth-order valence-corrected chi connectivity index (χ4v) is 6.66. The quantitative estimate of drug-likeness (QED) is 0.727. The van der Waals surface area contributed by atoms with Gasteiger partial charge in [0.1, 0.15) is 6.10 Å². The Kier molecular flexibility index (Phi) is 3.10. The molecule has 1 spiro atoms. The molecule has 2 saturated heterocycles. The van der Waals surface area contributed by atoms with Crippen LogP contribution in [0.15, 0.2) is 0 Å². The number of fused-ring (bicyclic) bond motifs is 1. The highest BCUT2D eigenvalue weighted by Crippen LogP contribution is 2.65. The number of hydrogen-bond donors (Lipinski definition) is 0. The van der Waals surface area contributed by atoms with E-state index in [9.17, 15) is 4.79 Å². The topological polar surface area (TPSA) is 26.3 Å². The van der Waals surface area contributed by atoms with Gasteiger partial charge >= 0.3 is 0 Å². The van der Waals surface area contributed by atoms with Crippen LogP contribution in [0.3, 0.4) is 0 Å². The van der Waals surface area contributed by atoms with E-state index in [2.05, 4.69) is 27.7 Å². The molecule has 2 aliphatic heterocycles. The summed E-state index contributed by atoms with van der Waals surface area (Å²) in [6, 6.07) is 0. The normalized spacial score (nSPS) is 55.7. The van der Waals surface area contributed by atoms with Gasteiger partial charge in [0.15, 0.2) is 5.78 Å². The van der Waals surface area contributed by atoms with Gasteiger partial charge < -0.3 is 4.74 Å². The van der Waals surface area contributed by atoms with E-state index >= 15 is 0 Å². The molecule has 4 fully saturated rings. The zero-order valence-electron chi connectivity index (χ0n) is 14.0. The highest BCUT2D eigenvalue weighted by atomic mass is 16.5. The minimum atomic E-state index is -0.0890. The van der Waals surface area contributed by atoms with Crippen LogP contribution < -0.4 is 0 Å². The molecule has 0 aromatic rings. The minimum Gasteiger partial charge on any atom is -0.363 e. The summed E-state index contributed by atoms with van der Waals surface area (Å²) < 4.78 is 6.54. The summed E-state index contributed by atoms with van der Waals surface area (Å²) in [5.74, 6) is 4.63. The summed E-state index contributed by atoms with van der Waals surface area (Å²) in [6.45, 7) is 9.51. The van der Waals surface area contributed by atoms with E-state index in [-0.39, 0.29) is 17.6 Å². The summed E-state index contributed by atoms with van der Waals surface area (Å²) >= 11 is 0. The first-order valence-electron chi connectivity index (χ1n) is 9.18. The van der Waals surface area contributed by atoms with Gasteiger partial charge in [-0.15, -0.1) is 0 Å². The maximum Gasteiger partial charge on any atom is 0.167 e. The van der Waals surface area contributed by atoms with Crippen LogP contribution in [0.5, 0.6) is 0 Å². The van der Waals surface area contributed by atoms with Crippen molar-refractivity contribution in [2.75, 3.05) is 0 Å². The standard InChI is InChI=1S/C19H30O2/c1-10(2)13-7-5-11(3)14-8-6-12(4)19-15(13)9-16(21-19)18(20)17(14)19/h10-17H,5-9H2,1-4H3/t11-,12-,13-,14+,15?,16-,17+,19+/m1/s1. The van der Waals surface area contributed by atoms with Gasteiger partial charge in [0, 0.05) is 0 Å².